The van der Waals surface area contributed by atoms with Gasteiger partial charge < -0.3 is 20.0 Å². The minimum Gasteiger partial charge on any atom is -0.372 e. The van der Waals surface area contributed by atoms with E-state index in [1.807, 2.05) is 42.5 Å². The number of nitriles is 1. The van der Waals surface area contributed by atoms with Gasteiger partial charge in [-0.15, -0.1) is 0 Å². The van der Waals surface area contributed by atoms with E-state index in [9.17, 15) is 29.2 Å². The van der Waals surface area contributed by atoms with Gasteiger partial charge in [-0.2, -0.15) is 5.26 Å². The van der Waals surface area contributed by atoms with Gasteiger partial charge in [-0.05, 0) is 92.8 Å². The number of piperidine rings is 1. The van der Waals surface area contributed by atoms with Crippen LogP contribution in [0, 0.1) is 11.3 Å². The van der Waals surface area contributed by atoms with Crippen LogP contribution in [0.1, 0.15) is 75.2 Å². The van der Waals surface area contributed by atoms with Crippen molar-refractivity contribution in [2.45, 2.75) is 62.7 Å². The third kappa shape index (κ3) is 7.12. The SMILES string of the molecule is CN(c1ccc(C#N)c(Cl)c1)C1CCC(NC(=O)c2ccc(N3CCN(C4CN(c5ccc6c(c5)C(=O)N(C5CCC(=O)NC5=O)C6=O)C4)CC3)cc2)CC1. The summed E-state index contributed by atoms with van der Waals surface area (Å²) in [5.74, 6) is -2.04. The summed E-state index contributed by atoms with van der Waals surface area (Å²) in [6, 6.07) is 20.7. The maximum atomic E-state index is 13.3. The molecule has 4 heterocycles. The Kier molecular flexibility index (Phi) is 9.96. The van der Waals surface area contributed by atoms with Gasteiger partial charge in [0.05, 0.1) is 21.7 Å². The van der Waals surface area contributed by atoms with Crippen LogP contribution in [-0.2, 0) is 9.59 Å². The molecule has 3 aromatic rings. The molecule has 14 heteroatoms. The van der Waals surface area contributed by atoms with Crippen molar-refractivity contribution in [2.75, 3.05) is 61.0 Å². The number of nitrogens with zero attached hydrogens (tertiary/aromatic N) is 6. The highest BCUT2D eigenvalue weighted by atomic mass is 35.5. The first-order chi connectivity index (χ1) is 26.6. The van der Waals surface area contributed by atoms with Crippen LogP contribution >= 0.6 is 11.6 Å². The normalized spacial score (nSPS) is 23.2. The number of benzene rings is 3. The monoisotopic (exact) mass is 762 g/mol. The van der Waals surface area contributed by atoms with Crippen LogP contribution in [0.5, 0.6) is 0 Å². The molecule has 3 saturated heterocycles. The zero-order chi connectivity index (χ0) is 38.4. The number of amides is 5. The van der Waals surface area contributed by atoms with Crippen LogP contribution in [0.25, 0.3) is 0 Å². The molecule has 13 nitrogen and oxygen atoms in total. The molecule has 0 bridgehead atoms. The summed E-state index contributed by atoms with van der Waals surface area (Å²) in [4.78, 5) is 73.8. The predicted octanol–water partition coefficient (Wildman–Crippen LogP) is 3.80. The lowest BCUT2D eigenvalue weighted by molar-refractivity contribution is -0.136. The van der Waals surface area contributed by atoms with Crippen LogP contribution < -0.4 is 25.3 Å². The van der Waals surface area contributed by atoms with E-state index < -0.39 is 29.7 Å². The second-order valence-electron chi connectivity index (χ2n) is 15.2. The van der Waals surface area contributed by atoms with E-state index in [2.05, 4.69) is 43.4 Å². The lowest BCUT2D eigenvalue weighted by Crippen LogP contribution is -2.63. The van der Waals surface area contributed by atoms with Gasteiger partial charge in [-0.25, -0.2) is 0 Å². The summed E-state index contributed by atoms with van der Waals surface area (Å²) in [5.41, 5.74) is 4.67. The Balaban J connectivity index is 0.779. The second kappa shape index (κ2) is 15.0. The van der Waals surface area contributed by atoms with Gasteiger partial charge in [-0.3, -0.25) is 39.1 Å². The number of fused-ring (bicyclic) bond motifs is 1. The number of piperazine rings is 1. The summed E-state index contributed by atoms with van der Waals surface area (Å²) in [6.45, 7) is 5.20. The zero-order valence-corrected chi connectivity index (χ0v) is 31.4. The van der Waals surface area contributed by atoms with Crippen LogP contribution in [0.2, 0.25) is 5.02 Å². The summed E-state index contributed by atoms with van der Waals surface area (Å²) in [6.07, 6.45) is 3.91. The quantitative estimate of drug-likeness (QED) is 0.325. The minimum atomic E-state index is -0.975. The standard InChI is InChI=1S/C41H43ClN8O5/c1-46(30-9-4-26(22-43)35(42)21-30)28-10-5-27(6-11-28)44-38(52)25-2-7-29(8-3-25)47-16-18-48(19-17-47)32-23-49(24-32)31-12-13-33-34(20-31)41(55)50(40(33)54)36-14-15-37(51)45-39(36)53/h2-4,7-9,12-13,20-21,27-28,32,36H,5-6,10-11,14-19,23-24H2,1H3,(H,44,52)(H,45,51,53). The third-order valence-corrected chi connectivity index (χ3v) is 12.3. The Bertz CT molecular complexity index is 2080. The van der Waals surface area contributed by atoms with Gasteiger partial charge in [0.25, 0.3) is 17.7 Å². The molecule has 0 radical (unpaired) electrons. The molecule has 4 aliphatic heterocycles. The van der Waals surface area contributed by atoms with Crippen molar-refractivity contribution >= 4 is 58.2 Å². The molecule has 1 unspecified atom stereocenters. The minimum absolute atomic E-state index is 0.0486. The molecule has 0 aromatic heterocycles. The van der Waals surface area contributed by atoms with Gasteiger partial charge >= 0.3 is 0 Å². The Labute approximate surface area is 324 Å². The summed E-state index contributed by atoms with van der Waals surface area (Å²) < 4.78 is 0. The highest BCUT2D eigenvalue weighted by Crippen LogP contribution is 2.34. The number of anilines is 3. The Morgan fingerprint density at radius 3 is 2.20 bits per heavy atom. The smallest absolute Gasteiger partial charge is 0.262 e. The maximum Gasteiger partial charge on any atom is 0.262 e. The first-order valence-electron chi connectivity index (χ1n) is 19.0. The van der Waals surface area contributed by atoms with Crippen LogP contribution in [0.3, 0.4) is 0 Å². The number of carbonyl (C=O) groups excluding carboxylic acids is 5. The number of nitrogens with one attached hydrogen (secondary N) is 2. The average molecular weight is 763 g/mol. The Hall–Kier alpha value is -5.45. The van der Waals surface area contributed by atoms with Crippen molar-refractivity contribution in [2.24, 2.45) is 0 Å². The molecule has 2 N–H and O–H groups in total. The molecule has 55 heavy (non-hydrogen) atoms. The van der Waals surface area contributed by atoms with Gasteiger partial charge in [0.1, 0.15) is 12.1 Å². The van der Waals surface area contributed by atoms with E-state index >= 15 is 0 Å². The molecule has 1 aliphatic carbocycles. The van der Waals surface area contributed by atoms with Crippen molar-refractivity contribution in [1.29, 1.82) is 5.26 Å². The van der Waals surface area contributed by atoms with E-state index in [1.54, 1.807) is 18.2 Å². The number of hydrogen-bond donors (Lipinski definition) is 2. The number of imide groups is 2. The van der Waals surface area contributed by atoms with Crippen molar-refractivity contribution in [3.63, 3.8) is 0 Å². The van der Waals surface area contributed by atoms with E-state index in [1.165, 1.54) is 0 Å². The van der Waals surface area contributed by atoms with Gasteiger partial charge in [0, 0.05) is 93.5 Å². The number of halogens is 1. The van der Waals surface area contributed by atoms with Gasteiger partial charge in [0.15, 0.2) is 0 Å². The van der Waals surface area contributed by atoms with Crippen LogP contribution in [0.15, 0.2) is 60.7 Å². The second-order valence-corrected chi connectivity index (χ2v) is 15.6. The lowest BCUT2D eigenvalue weighted by atomic mass is 9.90. The van der Waals surface area contributed by atoms with Crippen molar-refractivity contribution in [1.82, 2.24) is 20.4 Å². The number of rotatable bonds is 8. The summed E-state index contributed by atoms with van der Waals surface area (Å²) >= 11 is 6.26. The first-order valence-corrected chi connectivity index (χ1v) is 19.4. The number of hydrogen-bond acceptors (Lipinski definition) is 10. The molecule has 5 amide bonds. The topological polar surface area (TPSA) is 149 Å². The summed E-state index contributed by atoms with van der Waals surface area (Å²) in [5, 5.41) is 15.1. The predicted molar refractivity (Wildman–Crippen MR) is 207 cm³/mol. The highest BCUT2D eigenvalue weighted by Gasteiger charge is 2.45. The van der Waals surface area contributed by atoms with Gasteiger partial charge in [0.2, 0.25) is 11.8 Å². The van der Waals surface area contributed by atoms with Gasteiger partial charge in [-0.1, -0.05) is 11.6 Å². The first kappa shape index (κ1) is 36.5. The van der Waals surface area contributed by atoms with Crippen LogP contribution in [0.4, 0.5) is 17.1 Å². The largest absolute Gasteiger partial charge is 0.372 e. The molecular formula is C41H43ClN8O5. The van der Waals surface area contributed by atoms with E-state index in [-0.39, 0.29) is 30.4 Å². The maximum absolute atomic E-state index is 13.3. The van der Waals surface area contributed by atoms with Crippen molar-refractivity contribution < 1.29 is 24.0 Å². The zero-order valence-electron chi connectivity index (χ0n) is 30.7. The van der Waals surface area contributed by atoms with Crippen molar-refractivity contribution in [3.05, 3.63) is 87.9 Å². The van der Waals surface area contributed by atoms with E-state index in [0.29, 0.717) is 33.8 Å². The third-order valence-electron chi connectivity index (χ3n) is 12.0. The molecule has 0 spiro atoms. The Morgan fingerprint density at radius 1 is 0.836 bits per heavy atom. The highest BCUT2D eigenvalue weighted by molar-refractivity contribution is 6.32. The molecule has 4 fully saturated rings. The molecule has 284 valence electrons. The molecule has 3 aromatic carbocycles. The molecule has 1 atom stereocenters. The van der Waals surface area contributed by atoms with Crippen LogP contribution in [-0.4, -0.2) is 110 Å². The fraction of sp³-hybridized carbons (Fsp3) is 0.415. The molecule has 5 aliphatic rings. The Morgan fingerprint density at radius 2 is 1.53 bits per heavy atom. The lowest BCUT2D eigenvalue weighted by Gasteiger charge is -2.49. The number of carbonyl (C=O) groups is 5. The van der Waals surface area contributed by atoms with E-state index in [0.717, 1.165) is 86.9 Å². The molecular weight excluding hydrogens is 720 g/mol. The average Bonchev–Trinajstić information content (AvgIpc) is 3.42. The fourth-order valence-electron chi connectivity index (χ4n) is 8.62. The fourth-order valence-corrected chi connectivity index (χ4v) is 8.84. The molecule has 8 rings (SSSR count). The summed E-state index contributed by atoms with van der Waals surface area (Å²) in [7, 11) is 2.05. The molecule has 1 saturated carbocycles. The van der Waals surface area contributed by atoms with E-state index in [4.69, 9.17) is 11.6 Å². The van der Waals surface area contributed by atoms with Crippen molar-refractivity contribution in [3.8, 4) is 6.07 Å².